The van der Waals surface area contributed by atoms with Crippen LogP contribution in [0.3, 0.4) is 0 Å². The molecule has 4 heteroatoms. The van der Waals surface area contributed by atoms with Crippen molar-refractivity contribution in [2.45, 2.75) is 19.3 Å². The fourth-order valence-electron chi connectivity index (χ4n) is 1.65. The number of thiophene rings is 1. The van der Waals surface area contributed by atoms with Crippen molar-refractivity contribution >= 4 is 22.9 Å². The number of carbonyl (C=O) groups is 1. The second-order valence-electron chi connectivity index (χ2n) is 3.96. The van der Waals surface area contributed by atoms with E-state index in [1.807, 2.05) is 11.4 Å². The van der Waals surface area contributed by atoms with Crippen LogP contribution in [0.5, 0.6) is 0 Å². The number of halogens is 1. The Kier molecular flexibility index (Phi) is 4.47. The highest BCUT2D eigenvalue weighted by Crippen LogP contribution is 2.14. The van der Waals surface area contributed by atoms with E-state index in [0.29, 0.717) is 6.42 Å². The van der Waals surface area contributed by atoms with Gasteiger partial charge in [0.15, 0.2) is 0 Å². The summed E-state index contributed by atoms with van der Waals surface area (Å²) < 4.78 is 13.3. The molecule has 0 aliphatic heterocycles. The zero-order chi connectivity index (χ0) is 12.8. The lowest BCUT2D eigenvalue weighted by Crippen LogP contribution is -2.12. The van der Waals surface area contributed by atoms with Crippen LogP contribution in [0, 0.1) is 5.82 Å². The summed E-state index contributed by atoms with van der Waals surface area (Å²) in [5.74, 6) is -0.541. The van der Waals surface area contributed by atoms with E-state index in [-0.39, 0.29) is 11.6 Å². The van der Waals surface area contributed by atoms with Gasteiger partial charge in [-0.15, -0.1) is 11.3 Å². The fraction of sp³-hybridized carbons (Fsp3) is 0.214. The van der Waals surface area contributed by atoms with Crippen LogP contribution in [0.2, 0.25) is 0 Å². The first kappa shape index (κ1) is 12.8. The van der Waals surface area contributed by atoms with Gasteiger partial charge in [0, 0.05) is 11.3 Å². The molecule has 2 nitrogen and oxygen atoms in total. The number of anilines is 1. The standard InChI is InChI=1S/C14H14FNOS/c15-12-7-1-2-8-13(12)16-14(17)9-3-5-11-6-4-10-18-11/h1-2,4,6-8,10H,3,5,9H2,(H,16,17). The Morgan fingerprint density at radius 2 is 2.06 bits per heavy atom. The number of hydrogen-bond donors (Lipinski definition) is 1. The van der Waals surface area contributed by atoms with Crippen molar-refractivity contribution in [2.75, 3.05) is 5.32 Å². The summed E-state index contributed by atoms with van der Waals surface area (Å²) in [6, 6.07) is 10.2. The molecule has 0 spiro atoms. The Morgan fingerprint density at radius 1 is 1.22 bits per heavy atom. The van der Waals surface area contributed by atoms with Gasteiger partial charge < -0.3 is 5.32 Å². The van der Waals surface area contributed by atoms with Gasteiger partial charge in [0.05, 0.1) is 5.69 Å². The van der Waals surface area contributed by atoms with Crippen LogP contribution in [0.4, 0.5) is 10.1 Å². The lowest BCUT2D eigenvalue weighted by Gasteiger charge is -2.05. The highest BCUT2D eigenvalue weighted by atomic mass is 32.1. The highest BCUT2D eigenvalue weighted by molar-refractivity contribution is 7.09. The molecule has 0 fully saturated rings. The van der Waals surface area contributed by atoms with Crippen molar-refractivity contribution in [3.63, 3.8) is 0 Å². The summed E-state index contributed by atoms with van der Waals surface area (Å²) in [5, 5.41) is 4.60. The maximum absolute atomic E-state index is 13.3. The molecule has 0 aliphatic rings. The number of benzene rings is 1. The Bertz CT molecular complexity index is 510. The number of para-hydroxylation sites is 1. The quantitative estimate of drug-likeness (QED) is 0.872. The van der Waals surface area contributed by atoms with E-state index in [1.165, 1.54) is 10.9 Å². The van der Waals surface area contributed by atoms with E-state index in [9.17, 15) is 9.18 Å². The molecule has 0 bridgehead atoms. The molecule has 1 heterocycles. The van der Waals surface area contributed by atoms with E-state index < -0.39 is 5.82 Å². The predicted molar refractivity (Wildman–Crippen MR) is 72.3 cm³/mol. The molecular formula is C14H14FNOS. The highest BCUT2D eigenvalue weighted by Gasteiger charge is 2.06. The molecule has 0 radical (unpaired) electrons. The molecule has 0 saturated heterocycles. The van der Waals surface area contributed by atoms with Crippen molar-refractivity contribution in [2.24, 2.45) is 0 Å². The summed E-state index contributed by atoms with van der Waals surface area (Å²) in [7, 11) is 0. The number of amides is 1. The van der Waals surface area contributed by atoms with Crippen LogP contribution < -0.4 is 5.32 Å². The van der Waals surface area contributed by atoms with Gasteiger partial charge in [0.1, 0.15) is 5.82 Å². The molecule has 0 saturated carbocycles. The van der Waals surface area contributed by atoms with Crippen LogP contribution in [0.25, 0.3) is 0 Å². The Hall–Kier alpha value is -1.68. The first-order chi connectivity index (χ1) is 8.75. The van der Waals surface area contributed by atoms with E-state index in [1.54, 1.807) is 29.5 Å². The molecule has 2 aromatic rings. The minimum Gasteiger partial charge on any atom is -0.324 e. The van der Waals surface area contributed by atoms with Gasteiger partial charge in [-0.3, -0.25) is 4.79 Å². The predicted octanol–water partition coefficient (Wildman–Crippen LogP) is 3.85. The normalized spacial score (nSPS) is 10.3. The average molecular weight is 263 g/mol. The van der Waals surface area contributed by atoms with Gasteiger partial charge >= 0.3 is 0 Å². The number of aryl methyl sites for hydroxylation is 1. The van der Waals surface area contributed by atoms with E-state index in [0.717, 1.165) is 12.8 Å². The molecule has 0 atom stereocenters. The molecule has 1 amide bonds. The van der Waals surface area contributed by atoms with Gasteiger partial charge in [-0.25, -0.2) is 4.39 Å². The summed E-state index contributed by atoms with van der Waals surface area (Å²) in [5.41, 5.74) is 0.249. The van der Waals surface area contributed by atoms with Crippen molar-refractivity contribution in [1.29, 1.82) is 0 Å². The second kappa shape index (κ2) is 6.31. The first-order valence-electron chi connectivity index (χ1n) is 5.82. The van der Waals surface area contributed by atoms with Crippen molar-refractivity contribution < 1.29 is 9.18 Å². The summed E-state index contributed by atoms with van der Waals surface area (Å²) in [6.45, 7) is 0. The van der Waals surface area contributed by atoms with Gasteiger partial charge in [-0.2, -0.15) is 0 Å². The number of hydrogen-bond acceptors (Lipinski definition) is 2. The lowest BCUT2D eigenvalue weighted by molar-refractivity contribution is -0.116. The fourth-order valence-corrected chi connectivity index (χ4v) is 2.40. The second-order valence-corrected chi connectivity index (χ2v) is 4.99. The maximum Gasteiger partial charge on any atom is 0.224 e. The SMILES string of the molecule is O=C(CCCc1cccs1)Nc1ccccc1F. The summed E-state index contributed by atoms with van der Waals surface area (Å²) in [4.78, 5) is 12.9. The molecular weight excluding hydrogens is 249 g/mol. The largest absolute Gasteiger partial charge is 0.324 e. The Balaban J connectivity index is 1.77. The van der Waals surface area contributed by atoms with Gasteiger partial charge in [-0.1, -0.05) is 18.2 Å². The van der Waals surface area contributed by atoms with Crippen molar-refractivity contribution in [3.8, 4) is 0 Å². The first-order valence-corrected chi connectivity index (χ1v) is 6.70. The van der Waals surface area contributed by atoms with Crippen molar-refractivity contribution in [3.05, 3.63) is 52.5 Å². The van der Waals surface area contributed by atoms with Gasteiger partial charge in [0.2, 0.25) is 5.91 Å². The van der Waals surface area contributed by atoms with Crippen LogP contribution in [-0.4, -0.2) is 5.91 Å². The molecule has 0 aliphatic carbocycles. The monoisotopic (exact) mass is 263 g/mol. The lowest BCUT2D eigenvalue weighted by atomic mass is 10.2. The molecule has 1 aromatic carbocycles. The third-order valence-electron chi connectivity index (χ3n) is 2.56. The van der Waals surface area contributed by atoms with Gasteiger partial charge in [0.25, 0.3) is 0 Å². The van der Waals surface area contributed by atoms with Crippen molar-refractivity contribution in [1.82, 2.24) is 0 Å². The van der Waals surface area contributed by atoms with Crippen LogP contribution in [0.1, 0.15) is 17.7 Å². The zero-order valence-corrected chi connectivity index (χ0v) is 10.7. The van der Waals surface area contributed by atoms with E-state index >= 15 is 0 Å². The topological polar surface area (TPSA) is 29.1 Å². The Morgan fingerprint density at radius 3 is 2.78 bits per heavy atom. The summed E-state index contributed by atoms with van der Waals surface area (Å²) >= 11 is 1.69. The molecule has 0 unspecified atom stereocenters. The third-order valence-corrected chi connectivity index (χ3v) is 3.49. The molecule has 1 N–H and O–H groups in total. The molecule has 1 aromatic heterocycles. The van der Waals surface area contributed by atoms with Crippen LogP contribution in [0.15, 0.2) is 41.8 Å². The third kappa shape index (κ3) is 3.67. The van der Waals surface area contributed by atoms with Gasteiger partial charge in [-0.05, 0) is 36.4 Å². The minimum atomic E-state index is -0.399. The minimum absolute atomic E-state index is 0.142. The average Bonchev–Trinajstić information content (AvgIpc) is 2.85. The molecule has 2 rings (SSSR count). The maximum atomic E-state index is 13.3. The van der Waals surface area contributed by atoms with E-state index in [2.05, 4.69) is 11.4 Å². The number of carbonyl (C=O) groups excluding carboxylic acids is 1. The molecule has 94 valence electrons. The number of nitrogens with one attached hydrogen (secondary N) is 1. The summed E-state index contributed by atoms with van der Waals surface area (Å²) in [6.07, 6.45) is 2.08. The zero-order valence-electron chi connectivity index (χ0n) is 9.86. The van der Waals surface area contributed by atoms with Crippen LogP contribution >= 0.6 is 11.3 Å². The number of rotatable bonds is 5. The van der Waals surface area contributed by atoms with E-state index in [4.69, 9.17) is 0 Å². The smallest absolute Gasteiger partial charge is 0.224 e. The molecule has 18 heavy (non-hydrogen) atoms. The Labute approximate surface area is 109 Å². The van der Waals surface area contributed by atoms with Crippen LogP contribution in [-0.2, 0) is 11.2 Å².